The number of aliphatic imine (C=N–C) groups is 2. The minimum absolute atomic E-state index is 0. The summed E-state index contributed by atoms with van der Waals surface area (Å²) in [5, 5.41) is 58.2. The van der Waals surface area contributed by atoms with Crippen LogP contribution in [0.2, 0.25) is 0 Å². The van der Waals surface area contributed by atoms with Crippen molar-refractivity contribution in [3.8, 4) is 23.0 Å². The number of carbonyl (C=O) groups is 2. The van der Waals surface area contributed by atoms with Gasteiger partial charge in [0.25, 0.3) is 0 Å². The second-order valence-electron chi connectivity index (χ2n) is 24.8. The molecule has 0 radical (unpaired) electrons. The molecule has 11 heteroatoms. The normalized spacial score (nSPS) is 11.4. The Bertz CT molecular complexity index is 2430. The molecule has 0 aliphatic carbocycles. The maximum atomic E-state index is 10.7. The van der Waals surface area contributed by atoms with E-state index in [2.05, 4.69) is 76.2 Å². The van der Waals surface area contributed by atoms with E-state index in [1.807, 2.05) is 13.8 Å². The number of phenols is 4. The van der Waals surface area contributed by atoms with Gasteiger partial charge in [-0.25, -0.2) is 0 Å². The minimum atomic E-state index is -1.47. The molecular weight excluding hydrogens is 1200 g/mol. The molecule has 0 atom stereocenters. The van der Waals surface area contributed by atoms with Crippen molar-refractivity contribution in [2.45, 2.75) is 324 Å². The summed E-state index contributed by atoms with van der Waals surface area (Å²) < 4.78 is 0. The average Bonchev–Trinajstić information content (AvgIpc) is 3.53. The van der Waals surface area contributed by atoms with Gasteiger partial charge in [-0.15, -0.1) is 0 Å². The van der Waals surface area contributed by atoms with Gasteiger partial charge in [-0.1, -0.05) is 296 Å². The van der Waals surface area contributed by atoms with E-state index in [1.54, 1.807) is 0 Å². The summed E-state index contributed by atoms with van der Waals surface area (Å²) in [6.45, 7) is 13.0. The molecule has 0 unspecified atom stereocenters. The Morgan fingerprint density at radius 1 is 0.337 bits per heavy atom. The van der Waals surface area contributed by atoms with Gasteiger partial charge in [-0.2, -0.15) is 0 Å². The summed E-state index contributed by atoms with van der Waals surface area (Å²) in [5.41, 5.74) is 7.91. The van der Waals surface area contributed by atoms with E-state index in [0.717, 1.165) is 56.3 Å². The van der Waals surface area contributed by atoms with Crippen molar-refractivity contribution in [1.29, 1.82) is 0 Å². The fraction of sp³-hybridized carbons (Fsp3) is 0.641. The number of benzene rings is 4. The number of aromatic carboxylic acids is 2. The first kappa shape index (κ1) is 82.0. The van der Waals surface area contributed by atoms with Crippen molar-refractivity contribution < 1.29 is 60.7 Å². The van der Waals surface area contributed by atoms with Gasteiger partial charge in [0.05, 0.1) is 34.7 Å². The zero-order valence-electron chi connectivity index (χ0n) is 56.7. The van der Waals surface area contributed by atoms with Crippen LogP contribution in [0.25, 0.3) is 0 Å². The molecule has 0 amide bonds. The van der Waals surface area contributed by atoms with Gasteiger partial charge in [0.15, 0.2) is 23.0 Å². The second kappa shape index (κ2) is 54.7. The third-order valence-corrected chi connectivity index (χ3v) is 16.8. The zero-order valence-corrected chi connectivity index (χ0v) is 58.2. The number of carbonyl (C=O) groups excluding carboxylic acids is 2. The third kappa shape index (κ3) is 38.5. The number of hydrogen-bond donors (Lipinski definition) is 4. The molecule has 4 N–H and O–H groups in total. The van der Waals surface area contributed by atoms with Crippen LogP contribution in [0.1, 0.15) is 341 Å². The van der Waals surface area contributed by atoms with Crippen molar-refractivity contribution in [2.75, 3.05) is 0 Å². The molecular formula is C78H122N2O8Pd. The fourth-order valence-electron chi connectivity index (χ4n) is 11.5. The average molecular weight is 1320 g/mol. The van der Waals surface area contributed by atoms with Gasteiger partial charge in [-0.3, -0.25) is 9.98 Å². The van der Waals surface area contributed by atoms with Crippen LogP contribution in [0.4, 0.5) is 11.4 Å². The number of phenolic OH excluding ortho intramolecular Hbond substituents is 2. The van der Waals surface area contributed by atoms with Gasteiger partial charge in [0.1, 0.15) is 0 Å². The van der Waals surface area contributed by atoms with Gasteiger partial charge in [0.2, 0.25) is 0 Å². The van der Waals surface area contributed by atoms with E-state index < -0.39 is 34.9 Å². The van der Waals surface area contributed by atoms with Crippen LogP contribution < -0.4 is 10.2 Å². The molecule has 0 saturated heterocycles. The fourth-order valence-corrected chi connectivity index (χ4v) is 11.5. The van der Waals surface area contributed by atoms with E-state index in [-0.39, 0.29) is 31.5 Å². The molecule has 0 spiro atoms. The Morgan fingerprint density at radius 2 is 0.618 bits per heavy atom. The van der Waals surface area contributed by atoms with E-state index in [9.17, 15) is 30.0 Å². The summed E-state index contributed by atoms with van der Waals surface area (Å²) in [4.78, 5) is 32.3. The molecule has 10 nitrogen and oxygen atoms in total. The summed E-state index contributed by atoms with van der Waals surface area (Å²) >= 11 is 0. The van der Waals surface area contributed by atoms with E-state index in [1.165, 1.54) is 272 Å². The van der Waals surface area contributed by atoms with Crippen LogP contribution in [0.15, 0.2) is 82.8 Å². The molecule has 89 heavy (non-hydrogen) atoms. The molecule has 0 bridgehead atoms. The molecule has 0 heterocycles. The number of carboxylic acid groups (broad SMARTS) is 2. The number of aromatic hydroxyl groups is 4. The van der Waals surface area contributed by atoms with Crippen molar-refractivity contribution in [3.05, 3.63) is 106 Å². The molecule has 0 aromatic heterocycles. The molecule has 4 rings (SSSR count). The van der Waals surface area contributed by atoms with E-state index >= 15 is 0 Å². The van der Waals surface area contributed by atoms with Crippen LogP contribution in [0.3, 0.4) is 0 Å². The van der Waals surface area contributed by atoms with Crippen LogP contribution in [0.5, 0.6) is 23.0 Å². The summed E-state index contributed by atoms with van der Waals surface area (Å²) in [6, 6.07) is 23.8. The quantitative estimate of drug-likeness (QED) is 0.0146. The first-order valence-electron chi connectivity index (χ1n) is 35.7. The molecule has 4 aromatic carbocycles. The SMILES string of the molecule is CCCCCCCCCCCCCCCCC(=Nc1cccc(CCCCCCCCCCCC)c1)C(CCCC)=Nc1cccc(CCCCCCCCCCCC)c1.CCCc1ccc(O)c(O)c1C(=O)[O-].CCCc1ccc(O)c(O)c1C(=O)[O-].[Pd+2]. The topological polar surface area (TPSA) is 186 Å². The smallest absolute Gasteiger partial charge is 0.545 e. The number of aryl methyl sites for hydroxylation is 4. The van der Waals surface area contributed by atoms with Crippen LogP contribution in [-0.4, -0.2) is 43.8 Å². The predicted molar refractivity (Wildman–Crippen MR) is 369 cm³/mol. The molecule has 0 saturated carbocycles. The van der Waals surface area contributed by atoms with E-state index in [0.29, 0.717) is 24.0 Å². The first-order chi connectivity index (χ1) is 42.8. The minimum Gasteiger partial charge on any atom is -0.545 e. The number of carboxylic acids is 2. The standard InChI is InChI=1S/C58H100N2.2C10H12O4.Pd/c1-5-9-13-16-19-22-25-26-27-28-31-34-37-40-50-58(60-56-48-42-46-54(52-56)44-39-36-33-30-24-21-18-15-11-7-3)57(49-12-8-4)59-55-47-41-45-53(51-55)43-38-35-32-29-23-20-17-14-10-6-2;2*1-2-3-6-4-5-7(11)9(12)8(6)10(13)14;/h41-42,45-48,51-52H,5-40,43-44,49-50H2,1-4H3;2*4-5,11-12H,2-3H2,1H3,(H,13,14);/q;;;+2/p-2. The molecule has 502 valence electrons. The monoisotopic (exact) mass is 1320 g/mol. The third-order valence-electron chi connectivity index (χ3n) is 16.8. The van der Waals surface area contributed by atoms with Crippen LogP contribution in [0, 0.1) is 0 Å². The summed E-state index contributed by atoms with van der Waals surface area (Å²) in [6.07, 6.45) is 56.5. The molecule has 0 aliphatic heterocycles. The predicted octanol–water partition coefficient (Wildman–Crippen LogP) is 21.3. The van der Waals surface area contributed by atoms with Crippen molar-refractivity contribution >= 4 is 34.7 Å². The maximum absolute atomic E-state index is 10.7. The molecule has 4 aromatic rings. The number of unbranched alkanes of at least 4 members (excludes halogenated alkanes) is 32. The maximum Gasteiger partial charge on any atom is 2.00 e. The number of rotatable bonds is 49. The van der Waals surface area contributed by atoms with Crippen LogP contribution in [-0.2, 0) is 46.1 Å². The van der Waals surface area contributed by atoms with Crippen molar-refractivity contribution in [1.82, 2.24) is 0 Å². The Labute approximate surface area is 555 Å². The van der Waals surface area contributed by atoms with E-state index in [4.69, 9.17) is 20.2 Å². The molecule has 0 fully saturated rings. The largest absolute Gasteiger partial charge is 2.00 e. The Hall–Kier alpha value is -4.98. The number of hydrogen-bond acceptors (Lipinski definition) is 10. The summed E-state index contributed by atoms with van der Waals surface area (Å²) in [5.74, 6) is -5.05. The van der Waals surface area contributed by atoms with Crippen LogP contribution >= 0.6 is 0 Å². The molecule has 0 aliphatic rings. The van der Waals surface area contributed by atoms with Crippen molar-refractivity contribution in [2.24, 2.45) is 9.98 Å². The Balaban J connectivity index is 0.00000110. The van der Waals surface area contributed by atoms with Gasteiger partial charge in [0, 0.05) is 11.1 Å². The van der Waals surface area contributed by atoms with Gasteiger partial charge < -0.3 is 40.2 Å². The first-order valence-corrected chi connectivity index (χ1v) is 35.7. The Morgan fingerprint density at radius 3 is 0.910 bits per heavy atom. The number of nitrogens with zero attached hydrogens (tertiary/aromatic N) is 2. The van der Waals surface area contributed by atoms with Gasteiger partial charge >= 0.3 is 20.4 Å². The zero-order chi connectivity index (χ0) is 64.2. The summed E-state index contributed by atoms with van der Waals surface area (Å²) in [7, 11) is 0. The van der Waals surface area contributed by atoms with Crippen molar-refractivity contribution in [3.63, 3.8) is 0 Å². The van der Waals surface area contributed by atoms with Gasteiger partial charge in [-0.05, 0) is 123 Å². The second-order valence-corrected chi connectivity index (χ2v) is 24.8. The Kier molecular flexibility index (Phi) is 50.4.